The smallest absolute Gasteiger partial charge is 0.295 e. The van der Waals surface area contributed by atoms with Gasteiger partial charge < -0.3 is 9.47 Å². The SMILES string of the molecule is CC.CCCC(CC)OC(CC)OC=O. The minimum absolute atomic E-state index is 0.217. The Balaban J connectivity index is 0. The Hall–Kier alpha value is -0.570. The van der Waals surface area contributed by atoms with Gasteiger partial charge in [-0.05, 0) is 12.8 Å². The molecule has 0 aliphatic heterocycles. The van der Waals surface area contributed by atoms with Crippen LogP contribution >= 0.6 is 0 Å². The maximum atomic E-state index is 10.1. The molecule has 92 valence electrons. The number of hydrogen-bond acceptors (Lipinski definition) is 3. The van der Waals surface area contributed by atoms with Crippen LogP contribution in [-0.4, -0.2) is 18.9 Å². The topological polar surface area (TPSA) is 35.5 Å². The molecule has 0 aliphatic carbocycles. The van der Waals surface area contributed by atoms with Crippen LogP contribution in [0.3, 0.4) is 0 Å². The van der Waals surface area contributed by atoms with E-state index in [1.165, 1.54) is 0 Å². The quantitative estimate of drug-likeness (QED) is 0.462. The van der Waals surface area contributed by atoms with Crippen LogP contribution in [0.4, 0.5) is 0 Å². The van der Waals surface area contributed by atoms with Crippen molar-refractivity contribution in [3.63, 3.8) is 0 Å². The summed E-state index contributed by atoms with van der Waals surface area (Å²) < 4.78 is 10.3. The molecule has 3 heteroatoms. The van der Waals surface area contributed by atoms with Crippen molar-refractivity contribution in [1.29, 1.82) is 0 Å². The third-order valence-corrected chi connectivity index (χ3v) is 1.95. The van der Waals surface area contributed by atoms with Gasteiger partial charge in [0.15, 0.2) is 0 Å². The van der Waals surface area contributed by atoms with E-state index in [-0.39, 0.29) is 12.4 Å². The van der Waals surface area contributed by atoms with Crippen molar-refractivity contribution in [1.82, 2.24) is 0 Å². The van der Waals surface area contributed by atoms with E-state index in [0.29, 0.717) is 12.9 Å². The van der Waals surface area contributed by atoms with Gasteiger partial charge in [-0.1, -0.05) is 41.0 Å². The summed E-state index contributed by atoms with van der Waals surface area (Å²) in [5.41, 5.74) is 0. The normalized spacial score (nSPS) is 13.4. The maximum absolute atomic E-state index is 10.1. The van der Waals surface area contributed by atoms with Crippen LogP contribution in [0.15, 0.2) is 0 Å². The van der Waals surface area contributed by atoms with Gasteiger partial charge in [0.2, 0.25) is 6.29 Å². The lowest BCUT2D eigenvalue weighted by Gasteiger charge is -2.21. The highest BCUT2D eigenvalue weighted by Gasteiger charge is 2.13. The van der Waals surface area contributed by atoms with Crippen molar-refractivity contribution in [3.05, 3.63) is 0 Å². The fourth-order valence-electron chi connectivity index (χ4n) is 1.19. The third-order valence-electron chi connectivity index (χ3n) is 1.95. The van der Waals surface area contributed by atoms with Gasteiger partial charge in [-0.2, -0.15) is 0 Å². The highest BCUT2D eigenvalue weighted by atomic mass is 16.7. The van der Waals surface area contributed by atoms with Crippen molar-refractivity contribution < 1.29 is 14.3 Å². The second-order valence-electron chi connectivity index (χ2n) is 3.03. The van der Waals surface area contributed by atoms with E-state index in [1.807, 2.05) is 20.8 Å². The summed E-state index contributed by atoms with van der Waals surface area (Å²) in [6.45, 7) is 10.6. The lowest BCUT2D eigenvalue weighted by atomic mass is 10.1. The zero-order valence-corrected chi connectivity index (χ0v) is 10.8. The number of hydrogen-bond donors (Lipinski definition) is 0. The van der Waals surface area contributed by atoms with Crippen LogP contribution in [0.5, 0.6) is 0 Å². The van der Waals surface area contributed by atoms with Gasteiger partial charge in [0.05, 0.1) is 6.10 Å². The molecule has 0 aromatic rings. The highest BCUT2D eigenvalue weighted by Crippen LogP contribution is 2.11. The molecule has 0 spiro atoms. The molecular formula is C12H26O3. The summed E-state index contributed by atoms with van der Waals surface area (Å²) in [4.78, 5) is 10.1. The Morgan fingerprint density at radius 3 is 2.07 bits per heavy atom. The molecule has 0 aromatic carbocycles. The lowest BCUT2D eigenvalue weighted by molar-refractivity contribution is -0.178. The molecule has 0 radical (unpaired) electrons. The lowest BCUT2D eigenvalue weighted by Crippen LogP contribution is -2.23. The number of ether oxygens (including phenoxy) is 2. The van der Waals surface area contributed by atoms with Crippen LogP contribution in [0, 0.1) is 0 Å². The molecule has 0 saturated heterocycles. The summed E-state index contributed by atoms with van der Waals surface area (Å²) in [5.74, 6) is 0. The third kappa shape index (κ3) is 9.73. The Morgan fingerprint density at radius 1 is 1.13 bits per heavy atom. The molecule has 2 atom stereocenters. The molecule has 0 saturated carbocycles. The Bertz CT molecular complexity index is 126. The Morgan fingerprint density at radius 2 is 1.73 bits per heavy atom. The first kappa shape index (κ1) is 16.8. The summed E-state index contributed by atoms with van der Waals surface area (Å²) >= 11 is 0. The molecule has 0 bridgehead atoms. The first-order valence-corrected chi connectivity index (χ1v) is 6.02. The second kappa shape index (κ2) is 13.4. The van der Waals surface area contributed by atoms with Crippen LogP contribution in [0.2, 0.25) is 0 Å². The Labute approximate surface area is 94.1 Å². The zero-order chi connectivity index (χ0) is 12.1. The molecule has 0 amide bonds. The van der Waals surface area contributed by atoms with Crippen molar-refractivity contribution in [2.75, 3.05) is 0 Å². The van der Waals surface area contributed by atoms with E-state index in [2.05, 4.69) is 13.8 Å². The summed E-state index contributed by atoms with van der Waals surface area (Å²) in [6.07, 6.45) is 3.64. The van der Waals surface area contributed by atoms with E-state index < -0.39 is 0 Å². The van der Waals surface area contributed by atoms with Gasteiger partial charge in [-0.15, -0.1) is 0 Å². The molecule has 0 heterocycles. The van der Waals surface area contributed by atoms with Crippen molar-refractivity contribution >= 4 is 6.47 Å². The molecule has 0 aromatic heterocycles. The summed E-state index contributed by atoms with van der Waals surface area (Å²) in [6, 6.07) is 0. The second-order valence-corrected chi connectivity index (χ2v) is 3.03. The first-order valence-electron chi connectivity index (χ1n) is 6.02. The summed E-state index contributed by atoms with van der Waals surface area (Å²) in [5, 5.41) is 0. The molecule has 0 fully saturated rings. The molecule has 3 nitrogen and oxygen atoms in total. The van der Waals surface area contributed by atoms with E-state index >= 15 is 0 Å². The van der Waals surface area contributed by atoms with Crippen LogP contribution in [0.25, 0.3) is 0 Å². The Kier molecular flexibility index (Phi) is 15.1. The number of carbonyl (C=O) groups is 1. The van der Waals surface area contributed by atoms with Crippen molar-refractivity contribution in [2.24, 2.45) is 0 Å². The minimum Gasteiger partial charge on any atom is -0.438 e. The van der Waals surface area contributed by atoms with E-state index in [9.17, 15) is 4.79 Å². The molecule has 0 aliphatic rings. The highest BCUT2D eigenvalue weighted by molar-refractivity contribution is 5.37. The fraction of sp³-hybridized carbons (Fsp3) is 0.917. The van der Waals surface area contributed by atoms with Gasteiger partial charge in [0.25, 0.3) is 6.47 Å². The van der Waals surface area contributed by atoms with Crippen LogP contribution in [-0.2, 0) is 14.3 Å². The molecule has 2 unspecified atom stereocenters. The molecular weight excluding hydrogens is 192 g/mol. The molecule has 0 N–H and O–H groups in total. The standard InChI is InChI=1S/C10H20O3.C2H6/c1-4-7-9(5-2)13-10(6-3)12-8-11;1-2/h8-10H,4-7H2,1-3H3;1-2H3. The van der Waals surface area contributed by atoms with E-state index in [0.717, 1.165) is 19.3 Å². The fourth-order valence-corrected chi connectivity index (χ4v) is 1.19. The van der Waals surface area contributed by atoms with Crippen LogP contribution < -0.4 is 0 Å². The maximum Gasteiger partial charge on any atom is 0.295 e. The van der Waals surface area contributed by atoms with Gasteiger partial charge in [-0.25, -0.2) is 0 Å². The first-order chi connectivity index (χ1) is 7.28. The van der Waals surface area contributed by atoms with Gasteiger partial charge in [0.1, 0.15) is 0 Å². The van der Waals surface area contributed by atoms with Gasteiger partial charge in [0, 0.05) is 6.42 Å². The number of carbonyl (C=O) groups excluding carboxylic acids is 1. The average Bonchev–Trinajstić information content (AvgIpc) is 2.30. The predicted octanol–water partition coefficient (Wildman–Crippen LogP) is 3.52. The molecule has 15 heavy (non-hydrogen) atoms. The average molecular weight is 218 g/mol. The number of rotatable bonds is 8. The monoisotopic (exact) mass is 218 g/mol. The zero-order valence-electron chi connectivity index (χ0n) is 10.8. The summed E-state index contributed by atoms with van der Waals surface area (Å²) in [7, 11) is 0. The van der Waals surface area contributed by atoms with Gasteiger partial charge >= 0.3 is 0 Å². The van der Waals surface area contributed by atoms with Crippen LogP contribution in [0.1, 0.15) is 60.3 Å². The van der Waals surface area contributed by atoms with Gasteiger partial charge in [-0.3, -0.25) is 4.79 Å². The predicted molar refractivity (Wildman–Crippen MR) is 62.6 cm³/mol. The van der Waals surface area contributed by atoms with Crippen molar-refractivity contribution in [3.8, 4) is 0 Å². The minimum atomic E-state index is -0.367. The molecule has 0 rings (SSSR count). The van der Waals surface area contributed by atoms with E-state index in [4.69, 9.17) is 9.47 Å². The largest absolute Gasteiger partial charge is 0.438 e. The van der Waals surface area contributed by atoms with E-state index in [1.54, 1.807) is 0 Å². The van der Waals surface area contributed by atoms with Crippen molar-refractivity contribution in [2.45, 2.75) is 72.7 Å².